The molecule has 0 heterocycles. The summed E-state index contributed by atoms with van der Waals surface area (Å²) in [5.74, 6) is 0.956. The number of sulfonamides is 1. The normalized spacial score (nSPS) is 26.9. The van der Waals surface area contributed by atoms with Crippen LogP contribution in [0.1, 0.15) is 33.1 Å². The van der Waals surface area contributed by atoms with Gasteiger partial charge in [-0.25, -0.2) is 13.1 Å². The molecule has 1 aliphatic carbocycles. The fourth-order valence-corrected chi connectivity index (χ4v) is 4.46. The minimum absolute atomic E-state index is 0.00172. The Balaban J connectivity index is 2.17. The Kier molecular flexibility index (Phi) is 4.62. The molecular weight excluding hydrogens is 296 g/mol. The molecule has 1 aliphatic rings. The van der Waals surface area contributed by atoms with Crippen molar-refractivity contribution in [3.63, 3.8) is 0 Å². The lowest BCUT2D eigenvalue weighted by Crippen LogP contribution is -2.37. The zero-order valence-electron chi connectivity index (χ0n) is 11.8. The largest absolute Gasteiger partial charge is 0.397 e. The average Bonchev–Trinajstić information content (AvgIpc) is 2.73. The molecule has 0 radical (unpaired) electrons. The highest BCUT2D eigenvalue weighted by Gasteiger charge is 2.34. The minimum atomic E-state index is -3.54. The molecule has 0 saturated heterocycles. The lowest BCUT2D eigenvalue weighted by atomic mass is 9.94. The van der Waals surface area contributed by atoms with Crippen molar-refractivity contribution in [2.75, 3.05) is 5.73 Å². The Bertz CT molecular complexity index is 589. The van der Waals surface area contributed by atoms with Crippen molar-refractivity contribution < 1.29 is 8.42 Å². The van der Waals surface area contributed by atoms with Crippen LogP contribution in [0.4, 0.5) is 5.69 Å². The number of hydrogen-bond acceptors (Lipinski definition) is 3. The molecule has 0 aliphatic heterocycles. The molecule has 4 nitrogen and oxygen atoms in total. The van der Waals surface area contributed by atoms with Gasteiger partial charge in [-0.2, -0.15) is 0 Å². The second kappa shape index (κ2) is 5.92. The maximum Gasteiger partial charge on any atom is 0.240 e. The van der Waals surface area contributed by atoms with Gasteiger partial charge in [-0.05, 0) is 42.9 Å². The van der Waals surface area contributed by atoms with E-state index < -0.39 is 10.0 Å². The third-order valence-electron chi connectivity index (χ3n) is 4.34. The monoisotopic (exact) mass is 316 g/mol. The summed E-state index contributed by atoms with van der Waals surface area (Å²) in [7, 11) is -3.54. The molecule has 0 bridgehead atoms. The molecular formula is C14H21ClN2O2S. The van der Waals surface area contributed by atoms with E-state index in [0.717, 1.165) is 19.3 Å². The number of nitrogen functional groups attached to an aromatic ring is 1. The number of halogens is 1. The number of benzene rings is 1. The molecule has 1 aromatic rings. The predicted octanol–water partition coefficient (Wildman–Crippen LogP) is 3.03. The second-order valence-electron chi connectivity index (χ2n) is 5.52. The molecule has 6 heteroatoms. The van der Waals surface area contributed by atoms with Gasteiger partial charge in [0.1, 0.15) is 0 Å². The van der Waals surface area contributed by atoms with Gasteiger partial charge in [0.25, 0.3) is 0 Å². The van der Waals surface area contributed by atoms with E-state index in [9.17, 15) is 8.42 Å². The smallest absolute Gasteiger partial charge is 0.240 e. The van der Waals surface area contributed by atoms with Crippen LogP contribution in [0.25, 0.3) is 0 Å². The summed E-state index contributed by atoms with van der Waals surface area (Å²) in [6.45, 7) is 4.27. The van der Waals surface area contributed by atoms with Gasteiger partial charge in [-0.15, -0.1) is 0 Å². The minimum Gasteiger partial charge on any atom is -0.397 e. The van der Waals surface area contributed by atoms with Crippen LogP contribution < -0.4 is 10.5 Å². The third kappa shape index (κ3) is 3.10. The predicted molar refractivity (Wildman–Crippen MR) is 82.2 cm³/mol. The van der Waals surface area contributed by atoms with Crippen LogP contribution in [0.15, 0.2) is 23.1 Å². The van der Waals surface area contributed by atoms with Gasteiger partial charge in [0.15, 0.2) is 0 Å². The van der Waals surface area contributed by atoms with Crippen LogP contribution in [0.5, 0.6) is 0 Å². The Morgan fingerprint density at radius 1 is 1.40 bits per heavy atom. The topological polar surface area (TPSA) is 72.2 Å². The van der Waals surface area contributed by atoms with Gasteiger partial charge in [-0.1, -0.05) is 31.9 Å². The summed E-state index contributed by atoms with van der Waals surface area (Å²) >= 11 is 5.82. The Labute approximate surface area is 125 Å². The molecule has 0 amide bonds. The molecule has 0 aromatic heterocycles. The van der Waals surface area contributed by atoms with Crippen molar-refractivity contribution in [2.45, 2.75) is 44.0 Å². The van der Waals surface area contributed by atoms with E-state index in [1.807, 2.05) is 0 Å². The number of nitrogens with one attached hydrogen (secondary N) is 1. The molecule has 112 valence electrons. The number of nitrogens with two attached hydrogens (primary N) is 1. The van der Waals surface area contributed by atoms with Gasteiger partial charge in [0, 0.05) is 6.04 Å². The highest BCUT2D eigenvalue weighted by molar-refractivity contribution is 7.89. The first kappa shape index (κ1) is 15.6. The summed E-state index contributed by atoms with van der Waals surface area (Å²) in [6.07, 6.45) is 3.06. The van der Waals surface area contributed by atoms with Crippen LogP contribution in [-0.2, 0) is 10.0 Å². The summed E-state index contributed by atoms with van der Waals surface area (Å²) in [4.78, 5) is 0.173. The van der Waals surface area contributed by atoms with E-state index in [2.05, 4.69) is 18.6 Å². The maximum absolute atomic E-state index is 12.4. The first-order valence-corrected chi connectivity index (χ1v) is 8.78. The lowest BCUT2D eigenvalue weighted by Gasteiger charge is -2.21. The third-order valence-corrected chi connectivity index (χ3v) is 6.17. The lowest BCUT2D eigenvalue weighted by molar-refractivity contribution is 0.368. The van der Waals surface area contributed by atoms with E-state index in [4.69, 9.17) is 17.3 Å². The van der Waals surface area contributed by atoms with E-state index in [-0.39, 0.29) is 16.6 Å². The molecule has 1 saturated carbocycles. The second-order valence-corrected chi connectivity index (χ2v) is 7.64. The fourth-order valence-electron chi connectivity index (χ4n) is 2.95. The molecule has 1 aromatic carbocycles. The first-order valence-electron chi connectivity index (χ1n) is 6.92. The molecule has 3 atom stereocenters. The summed E-state index contributed by atoms with van der Waals surface area (Å²) < 4.78 is 27.6. The summed E-state index contributed by atoms with van der Waals surface area (Å²) in [6, 6.07) is 4.40. The van der Waals surface area contributed by atoms with Gasteiger partial charge in [-0.3, -0.25) is 0 Å². The van der Waals surface area contributed by atoms with Crippen LogP contribution >= 0.6 is 11.6 Å². The van der Waals surface area contributed by atoms with Crippen LogP contribution in [0.2, 0.25) is 5.02 Å². The van der Waals surface area contributed by atoms with Crippen molar-refractivity contribution in [1.82, 2.24) is 4.72 Å². The SMILES string of the molecule is CCC1CCC(NS(=O)(=O)c2ccc(Cl)c(N)c2)C1C. The van der Waals surface area contributed by atoms with Crippen molar-refractivity contribution in [2.24, 2.45) is 11.8 Å². The quantitative estimate of drug-likeness (QED) is 0.839. The van der Waals surface area contributed by atoms with E-state index in [1.165, 1.54) is 18.2 Å². The van der Waals surface area contributed by atoms with E-state index in [1.54, 1.807) is 0 Å². The maximum atomic E-state index is 12.4. The first-order chi connectivity index (χ1) is 9.35. The van der Waals surface area contributed by atoms with E-state index >= 15 is 0 Å². The summed E-state index contributed by atoms with van der Waals surface area (Å²) in [5.41, 5.74) is 5.95. The molecule has 0 spiro atoms. The van der Waals surface area contributed by atoms with Crippen LogP contribution in [0, 0.1) is 11.8 Å². The van der Waals surface area contributed by atoms with E-state index in [0.29, 0.717) is 16.9 Å². The molecule has 2 rings (SSSR count). The Morgan fingerprint density at radius 3 is 2.65 bits per heavy atom. The summed E-state index contributed by atoms with van der Waals surface area (Å²) in [5, 5.41) is 0.365. The molecule has 3 N–H and O–H groups in total. The number of hydrogen-bond donors (Lipinski definition) is 2. The van der Waals surface area contributed by atoms with Crippen LogP contribution in [-0.4, -0.2) is 14.5 Å². The zero-order valence-corrected chi connectivity index (χ0v) is 13.3. The van der Waals surface area contributed by atoms with Crippen LogP contribution in [0.3, 0.4) is 0 Å². The highest BCUT2D eigenvalue weighted by Crippen LogP contribution is 2.34. The van der Waals surface area contributed by atoms with Gasteiger partial charge < -0.3 is 5.73 Å². The average molecular weight is 317 g/mol. The zero-order chi connectivity index (χ0) is 14.9. The van der Waals surface area contributed by atoms with Gasteiger partial charge in [0.2, 0.25) is 10.0 Å². The fraction of sp³-hybridized carbons (Fsp3) is 0.571. The number of rotatable bonds is 4. The van der Waals surface area contributed by atoms with Gasteiger partial charge in [0.05, 0.1) is 15.6 Å². The number of anilines is 1. The van der Waals surface area contributed by atoms with Crippen molar-refractivity contribution in [1.29, 1.82) is 0 Å². The highest BCUT2D eigenvalue weighted by atomic mass is 35.5. The van der Waals surface area contributed by atoms with Crippen molar-refractivity contribution in [3.8, 4) is 0 Å². The standard InChI is InChI=1S/C14H21ClN2O2S/c1-3-10-4-7-14(9(10)2)17-20(18,19)11-5-6-12(15)13(16)8-11/h5-6,8-10,14,17H,3-4,7,16H2,1-2H3. The van der Waals surface area contributed by atoms with Gasteiger partial charge >= 0.3 is 0 Å². The van der Waals surface area contributed by atoms with Crippen molar-refractivity contribution in [3.05, 3.63) is 23.2 Å². The molecule has 3 unspecified atom stereocenters. The Hall–Kier alpha value is -0.780. The Morgan fingerprint density at radius 2 is 2.10 bits per heavy atom. The van der Waals surface area contributed by atoms with Crippen molar-refractivity contribution >= 4 is 27.3 Å². The molecule has 1 fully saturated rings. The molecule has 20 heavy (non-hydrogen) atoms.